The minimum atomic E-state index is -3.35. The van der Waals surface area contributed by atoms with Gasteiger partial charge >= 0.3 is 0 Å². The van der Waals surface area contributed by atoms with Crippen LogP contribution in [0.4, 0.5) is 5.69 Å². The molecule has 0 aromatic heterocycles. The number of carbonyl (C=O) groups excluding carboxylic acids is 1. The first-order valence-corrected chi connectivity index (χ1v) is 10.1. The molecule has 0 radical (unpaired) electrons. The van der Waals surface area contributed by atoms with Gasteiger partial charge in [0.2, 0.25) is 15.9 Å². The molecule has 8 heteroatoms. The number of sulfonamides is 1. The van der Waals surface area contributed by atoms with Crippen molar-refractivity contribution in [1.82, 2.24) is 5.32 Å². The summed E-state index contributed by atoms with van der Waals surface area (Å²) < 4.78 is 25.0. The van der Waals surface area contributed by atoms with E-state index in [1.807, 2.05) is 13.0 Å². The first kappa shape index (κ1) is 19.6. The van der Waals surface area contributed by atoms with Crippen LogP contribution in [0.15, 0.2) is 42.5 Å². The van der Waals surface area contributed by atoms with E-state index < -0.39 is 10.0 Å². The summed E-state index contributed by atoms with van der Waals surface area (Å²) in [5, 5.41) is 3.72. The Morgan fingerprint density at radius 3 is 2.48 bits per heavy atom. The molecule has 25 heavy (non-hydrogen) atoms. The second kappa shape index (κ2) is 8.08. The van der Waals surface area contributed by atoms with Crippen LogP contribution < -0.4 is 10.0 Å². The van der Waals surface area contributed by atoms with Crippen LogP contribution in [0.3, 0.4) is 0 Å². The summed E-state index contributed by atoms with van der Waals surface area (Å²) >= 11 is 11.8. The second-order valence-electron chi connectivity index (χ2n) is 5.71. The Balaban J connectivity index is 2.03. The van der Waals surface area contributed by atoms with E-state index in [9.17, 15) is 13.2 Å². The Labute approximate surface area is 157 Å². The fourth-order valence-electron chi connectivity index (χ4n) is 2.30. The summed E-state index contributed by atoms with van der Waals surface area (Å²) in [5.74, 6) is -0.174. The van der Waals surface area contributed by atoms with Crippen molar-refractivity contribution in [2.75, 3.05) is 11.0 Å². The van der Waals surface area contributed by atoms with Crippen LogP contribution in [-0.2, 0) is 21.2 Å². The van der Waals surface area contributed by atoms with Crippen LogP contribution >= 0.6 is 23.2 Å². The molecule has 5 nitrogen and oxygen atoms in total. The molecule has 2 aromatic carbocycles. The van der Waals surface area contributed by atoms with Crippen LogP contribution in [0.25, 0.3) is 0 Å². The summed E-state index contributed by atoms with van der Waals surface area (Å²) in [6, 6.07) is 11.6. The maximum Gasteiger partial charge on any atom is 0.229 e. The van der Waals surface area contributed by atoms with Crippen LogP contribution in [-0.4, -0.2) is 20.6 Å². The lowest BCUT2D eigenvalue weighted by Gasteiger charge is -2.16. The summed E-state index contributed by atoms with van der Waals surface area (Å²) in [6.07, 6.45) is 1.25. The van der Waals surface area contributed by atoms with Gasteiger partial charge in [-0.25, -0.2) is 8.42 Å². The number of amides is 1. The van der Waals surface area contributed by atoms with Gasteiger partial charge in [-0.3, -0.25) is 9.52 Å². The van der Waals surface area contributed by atoms with Gasteiger partial charge < -0.3 is 5.32 Å². The molecule has 0 bridgehead atoms. The van der Waals surface area contributed by atoms with Gasteiger partial charge in [0, 0.05) is 5.69 Å². The van der Waals surface area contributed by atoms with E-state index in [1.54, 1.807) is 36.4 Å². The highest BCUT2D eigenvalue weighted by atomic mass is 35.5. The molecular formula is C17H18Cl2N2O3S. The first-order valence-electron chi connectivity index (χ1n) is 7.45. The van der Waals surface area contributed by atoms with E-state index >= 15 is 0 Å². The fraction of sp³-hybridized carbons (Fsp3) is 0.235. The molecule has 0 saturated heterocycles. The monoisotopic (exact) mass is 400 g/mol. The molecule has 0 aliphatic heterocycles. The molecule has 0 saturated carbocycles. The SMILES string of the molecule is CC(NC(=O)Cc1ccc(Cl)c(Cl)c1)c1cccc(NS(C)(=O)=O)c1. The van der Waals surface area contributed by atoms with Crippen LogP contribution in [0.2, 0.25) is 10.0 Å². The number of anilines is 1. The molecular weight excluding hydrogens is 383 g/mol. The van der Waals surface area contributed by atoms with Crippen molar-refractivity contribution < 1.29 is 13.2 Å². The largest absolute Gasteiger partial charge is 0.349 e. The minimum Gasteiger partial charge on any atom is -0.349 e. The molecule has 0 heterocycles. The molecule has 2 rings (SSSR count). The summed E-state index contributed by atoms with van der Waals surface area (Å²) in [6.45, 7) is 1.83. The predicted octanol–water partition coefficient (Wildman–Crippen LogP) is 3.78. The second-order valence-corrected chi connectivity index (χ2v) is 8.28. The third kappa shape index (κ3) is 6.23. The minimum absolute atomic E-state index is 0.169. The lowest BCUT2D eigenvalue weighted by Crippen LogP contribution is -2.28. The molecule has 0 spiro atoms. The number of carbonyl (C=O) groups is 1. The Hall–Kier alpha value is -1.76. The predicted molar refractivity (Wildman–Crippen MR) is 102 cm³/mol. The number of benzene rings is 2. The number of halogens is 2. The van der Waals surface area contributed by atoms with Crippen molar-refractivity contribution in [3.8, 4) is 0 Å². The van der Waals surface area contributed by atoms with Crippen molar-refractivity contribution >= 4 is 44.8 Å². The summed E-state index contributed by atoms with van der Waals surface area (Å²) in [7, 11) is -3.35. The molecule has 1 unspecified atom stereocenters. The zero-order valence-electron chi connectivity index (χ0n) is 13.7. The summed E-state index contributed by atoms with van der Waals surface area (Å²) in [4.78, 5) is 12.2. The average Bonchev–Trinajstić information content (AvgIpc) is 2.49. The van der Waals surface area contributed by atoms with E-state index in [4.69, 9.17) is 23.2 Å². The third-order valence-corrected chi connectivity index (χ3v) is 4.76. The lowest BCUT2D eigenvalue weighted by molar-refractivity contribution is -0.121. The first-order chi connectivity index (χ1) is 11.6. The van der Waals surface area contributed by atoms with E-state index in [0.29, 0.717) is 15.7 Å². The Morgan fingerprint density at radius 1 is 1.12 bits per heavy atom. The van der Waals surface area contributed by atoms with Gasteiger partial charge in [0.05, 0.1) is 28.8 Å². The lowest BCUT2D eigenvalue weighted by atomic mass is 10.1. The molecule has 0 aliphatic rings. The Kier molecular flexibility index (Phi) is 6.32. The normalized spacial score (nSPS) is 12.5. The van der Waals surface area contributed by atoms with Crippen molar-refractivity contribution in [3.63, 3.8) is 0 Å². The smallest absolute Gasteiger partial charge is 0.229 e. The quantitative estimate of drug-likeness (QED) is 0.774. The highest BCUT2D eigenvalue weighted by Crippen LogP contribution is 2.23. The van der Waals surface area contributed by atoms with Gasteiger partial charge in [-0.2, -0.15) is 0 Å². The molecule has 1 atom stereocenters. The molecule has 2 N–H and O–H groups in total. The van der Waals surface area contributed by atoms with E-state index in [-0.39, 0.29) is 18.4 Å². The van der Waals surface area contributed by atoms with Gasteiger partial charge in [-0.1, -0.05) is 41.4 Å². The van der Waals surface area contributed by atoms with E-state index in [0.717, 1.165) is 17.4 Å². The molecule has 0 aliphatic carbocycles. The van der Waals surface area contributed by atoms with Gasteiger partial charge in [0.15, 0.2) is 0 Å². The van der Waals surface area contributed by atoms with Crippen molar-refractivity contribution in [1.29, 1.82) is 0 Å². The maximum atomic E-state index is 12.2. The molecule has 2 aromatic rings. The molecule has 0 fully saturated rings. The number of rotatable bonds is 6. The van der Waals surface area contributed by atoms with E-state index in [1.165, 1.54) is 0 Å². The maximum absolute atomic E-state index is 12.2. The highest BCUT2D eigenvalue weighted by Gasteiger charge is 2.12. The fourth-order valence-corrected chi connectivity index (χ4v) is 3.17. The Bertz CT molecular complexity index is 885. The van der Waals surface area contributed by atoms with Crippen LogP contribution in [0.5, 0.6) is 0 Å². The van der Waals surface area contributed by atoms with Crippen LogP contribution in [0, 0.1) is 0 Å². The van der Waals surface area contributed by atoms with Gasteiger partial charge in [-0.05, 0) is 42.3 Å². The highest BCUT2D eigenvalue weighted by molar-refractivity contribution is 7.92. The molecule has 1 amide bonds. The van der Waals surface area contributed by atoms with Crippen molar-refractivity contribution in [2.24, 2.45) is 0 Å². The number of hydrogen-bond acceptors (Lipinski definition) is 3. The van der Waals surface area contributed by atoms with Crippen LogP contribution in [0.1, 0.15) is 24.1 Å². The van der Waals surface area contributed by atoms with Crippen molar-refractivity contribution in [2.45, 2.75) is 19.4 Å². The standard InChI is InChI=1S/C17H18Cl2N2O3S/c1-11(13-4-3-5-14(10-13)21-25(2,23)24)20-17(22)9-12-6-7-15(18)16(19)8-12/h3-8,10-11,21H,9H2,1-2H3,(H,20,22). The van der Waals surface area contributed by atoms with Gasteiger partial charge in [-0.15, -0.1) is 0 Å². The summed E-state index contributed by atoms with van der Waals surface area (Å²) in [5.41, 5.74) is 1.99. The van der Waals surface area contributed by atoms with Gasteiger partial charge in [0.1, 0.15) is 0 Å². The zero-order chi connectivity index (χ0) is 18.6. The van der Waals surface area contributed by atoms with Gasteiger partial charge in [0.25, 0.3) is 0 Å². The zero-order valence-corrected chi connectivity index (χ0v) is 16.0. The Morgan fingerprint density at radius 2 is 1.84 bits per heavy atom. The molecule has 134 valence electrons. The third-order valence-electron chi connectivity index (χ3n) is 3.42. The number of nitrogens with one attached hydrogen (secondary N) is 2. The number of hydrogen-bond donors (Lipinski definition) is 2. The average molecular weight is 401 g/mol. The van der Waals surface area contributed by atoms with Crippen molar-refractivity contribution in [3.05, 3.63) is 63.6 Å². The van der Waals surface area contributed by atoms with E-state index in [2.05, 4.69) is 10.0 Å². The topological polar surface area (TPSA) is 75.3 Å².